The van der Waals surface area contributed by atoms with Gasteiger partial charge in [0, 0.05) is 12.0 Å². The Morgan fingerprint density at radius 3 is 2.63 bits per heavy atom. The zero-order chi connectivity index (χ0) is 13.4. The highest BCUT2D eigenvalue weighted by molar-refractivity contribution is 5.97. The molecule has 98 valence electrons. The summed E-state index contributed by atoms with van der Waals surface area (Å²) in [6.07, 6.45) is 1.95. The molecule has 0 radical (unpaired) electrons. The molecule has 0 saturated carbocycles. The fourth-order valence-electron chi connectivity index (χ4n) is 2.36. The molecule has 5 nitrogen and oxygen atoms in total. The highest BCUT2D eigenvalue weighted by Gasteiger charge is 2.26. The normalized spacial score (nSPS) is 14.3. The molecule has 1 aromatic heterocycles. The molecule has 5 heteroatoms. The number of hydrogen-bond acceptors (Lipinski definition) is 4. The molecule has 0 atom stereocenters. The smallest absolute Gasteiger partial charge is 0.183 e. The van der Waals surface area contributed by atoms with Crippen molar-refractivity contribution in [1.29, 1.82) is 0 Å². The Bertz CT molecular complexity index is 629. The second kappa shape index (κ2) is 4.42. The summed E-state index contributed by atoms with van der Waals surface area (Å²) in [4.78, 5) is 16.1. The number of nitrogens with zero attached hydrogens (tertiary/aromatic N) is 2. The van der Waals surface area contributed by atoms with Crippen molar-refractivity contribution in [1.82, 2.24) is 9.71 Å². The Morgan fingerprint density at radius 1 is 1.26 bits per heavy atom. The molecule has 0 bridgehead atoms. The summed E-state index contributed by atoms with van der Waals surface area (Å²) < 4.78 is 6.13. The van der Waals surface area contributed by atoms with Crippen molar-refractivity contribution >= 4 is 5.78 Å². The monoisotopic (exact) mass is 258 g/mol. The van der Waals surface area contributed by atoms with Gasteiger partial charge in [-0.3, -0.25) is 4.79 Å². The number of aromatic nitrogens is 2. The highest BCUT2D eigenvalue weighted by Crippen LogP contribution is 2.27. The van der Waals surface area contributed by atoms with Crippen molar-refractivity contribution < 1.29 is 14.7 Å². The van der Waals surface area contributed by atoms with Gasteiger partial charge in [0.25, 0.3) is 0 Å². The van der Waals surface area contributed by atoms with Gasteiger partial charge in [0.15, 0.2) is 11.6 Å². The fraction of sp³-hybridized carbons (Fsp3) is 0.286. The van der Waals surface area contributed by atoms with Crippen molar-refractivity contribution in [2.75, 3.05) is 7.11 Å². The van der Waals surface area contributed by atoms with Crippen molar-refractivity contribution in [3.63, 3.8) is 0 Å². The number of carbonyl (C=O) groups is 1. The molecule has 3 rings (SSSR count). The van der Waals surface area contributed by atoms with Crippen LogP contribution in [0.3, 0.4) is 0 Å². The predicted molar refractivity (Wildman–Crippen MR) is 68.7 cm³/mol. The number of hydrogen-bond donors (Lipinski definition) is 1. The standard InChI is InChI=1S/C14H14N2O3/c1-19-10-7-5-9(6-8-10)14-15-13-11(16(14)18)3-2-4-12(13)17/h5-8,18H,2-4H2,1H3. The Kier molecular flexibility index (Phi) is 2.74. The lowest BCUT2D eigenvalue weighted by Crippen LogP contribution is -2.12. The highest BCUT2D eigenvalue weighted by atomic mass is 16.5. The first-order chi connectivity index (χ1) is 9.20. The van der Waals surface area contributed by atoms with Gasteiger partial charge in [-0.15, -0.1) is 0 Å². The van der Waals surface area contributed by atoms with Gasteiger partial charge in [-0.25, -0.2) is 4.98 Å². The van der Waals surface area contributed by atoms with E-state index in [0.717, 1.165) is 22.5 Å². The summed E-state index contributed by atoms with van der Waals surface area (Å²) in [5, 5.41) is 10.1. The number of imidazole rings is 1. The molecule has 1 aliphatic carbocycles. The van der Waals surface area contributed by atoms with Gasteiger partial charge in [-0.2, -0.15) is 4.73 Å². The number of fused-ring (bicyclic) bond motifs is 1. The number of ketones is 1. The largest absolute Gasteiger partial charge is 0.497 e. The van der Waals surface area contributed by atoms with Gasteiger partial charge in [0.05, 0.1) is 12.8 Å². The predicted octanol–water partition coefficient (Wildman–Crippen LogP) is 2.32. The van der Waals surface area contributed by atoms with Crippen molar-refractivity contribution in [2.24, 2.45) is 0 Å². The number of rotatable bonds is 2. The van der Waals surface area contributed by atoms with Crippen LogP contribution in [0.15, 0.2) is 24.3 Å². The lowest BCUT2D eigenvalue weighted by atomic mass is 10.0. The van der Waals surface area contributed by atoms with Gasteiger partial charge in [-0.05, 0) is 37.1 Å². The number of benzene rings is 1. The molecule has 0 unspecified atom stereocenters. The maximum atomic E-state index is 11.8. The fourth-order valence-corrected chi connectivity index (χ4v) is 2.36. The third kappa shape index (κ3) is 1.87. The number of carbonyl (C=O) groups excluding carboxylic acids is 1. The van der Waals surface area contributed by atoms with Crippen LogP contribution in [0.2, 0.25) is 0 Å². The Hall–Kier alpha value is -2.30. The molecule has 1 heterocycles. The Morgan fingerprint density at radius 2 is 2.00 bits per heavy atom. The Balaban J connectivity index is 2.07. The van der Waals surface area contributed by atoms with E-state index in [1.165, 1.54) is 0 Å². The summed E-state index contributed by atoms with van der Waals surface area (Å²) in [7, 11) is 1.60. The van der Waals surface area contributed by atoms with Crippen molar-refractivity contribution in [3.05, 3.63) is 35.7 Å². The summed E-state index contributed by atoms with van der Waals surface area (Å²) >= 11 is 0. The molecular weight excluding hydrogens is 244 g/mol. The van der Waals surface area contributed by atoms with E-state index < -0.39 is 0 Å². The van der Waals surface area contributed by atoms with E-state index in [0.29, 0.717) is 30.1 Å². The van der Waals surface area contributed by atoms with E-state index in [4.69, 9.17) is 4.74 Å². The van der Waals surface area contributed by atoms with E-state index >= 15 is 0 Å². The van der Waals surface area contributed by atoms with Gasteiger partial charge in [-0.1, -0.05) is 0 Å². The molecule has 0 aliphatic heterocycles. The first-order valence-electron chi connectivity index (χ1n) is 6.19. The van der Waals surface area contributed by atoms with Crippen LogP contribution in [-0.4, -0.2) is 27.8 Å². The van der Waals surface area contributed by atoms with Crippen LogP contribution in [0.4, 0.5) is 0 Å². The van der Waals surface area contributed by atoms with Gasteiger partial charge >= 0.3 is 0 Å². The topological polar surface area (TPSA) is 64.3 Å². The van der Waals surface area contributed by atoms with Crippen LogP contribution < -0.4 is 4.74 Å². The van der Waals surface area contributed by atoms with E-state index in [-0.39, 0.29) is 5.78 Å². The summed E-state index contributed by atoms with van der Waals surface area (Å²) in [6, 6.07) is 7.21. The molecule has 0 spiro atoms. The van der Waals surface area contributed by atoms with Crippen LogP contribution in [0.5, 0.6) is 5.75 Å². The number of methoxy groups -OCH3 is 1. The van der Waals surface area contributed by atoms with E-state index in [2.05, 4.69) is 4.98 Å². The van der Waals surface area contributed by atoms with E-state index in [9.17, 15) is 10.0 Å². The van der Waals surface area contributed by atoms with Crippen LogP contribution in [0.1, 0.15) is 29.0 Å². The quantitative estimate of drug-likeness (QED) is 0.839. The lowest BCUT2D eigenvalue weighted by molar-refractivity contribution is 0.0960. The lowest BCUT2D eigenvalue weighted by Gasteiger charge is -2.09. The molecule has 0 amide bonds. The molecule has 2 aromatic rings. The van der Waals surface area contributed by atoms with Gasteiger partial charge < -0.3 is 9.94 Å². The molecule has 1 aromatic carbocycles. The Labute approximate surface area is 110 Å². The third-order valence-electron chi connectivity index (χ3n) is 3.38. The minimum Gasteiger partial charge on any atom is -0.497 e. The zero-order valence-corrected chi connectivity index (χ0v) is 10.6. The number of Topliss-reactive ketones (excluding diaryl/α,β-unsaturated/α-hetero) is 1. The first-order valence-corrected chi connectivity index (χ1v) is 6.19. The molecule has 1 N–H and O–H groups in total. The molecule has 0 saturated heterocycles. The molecule has 0 fully saturated rings. The summed E-state index contributed by atoms with van der Waals surface area (Å²) in [6.45, 7) is 0. The van der Waals surface area contributed by atoms with E-state index in [1.807, 2.05) is 12.1 Å². The maximum Gasteiger partial charge on any atom is 0.183 e. The molecular formula is C14H14N2O3. The maximum absolute atomic E-state index is 11.8. The second-order valence-electron chi connectivity index (χ2n) is 4.55. The van der Waals surface area contributed by atoms with Crippen LogP contribution in [0, 0.1) is 0 Å². The van der Waals surface area contributed by atoms with Crippen molar-refractivity contribution in [2.45, 2.75) is 19.3 Å². The van der Waals surface area contributed by atoms with Crippen LogP contribution >= 0.6 is 0 Å². The van der Waals surface area contributed by atoms with Gasteiger partial charge in [0.1, 0.15) is 11.4 Å². The van der Waals surface area contributed by atoms with Crippen LogP contribution in [-0.2, 0) is 6.42 Å². The average Bonchev–Trinajstić information content (AvgIpc) is 2.78. The molecule has 19 heavy (non-hydrogen) atoms. The summed E-state index contributed by atoms with van der Waals surface area (Å²) in [5.41, 5.74) is 1.77. The second-order valence-corrected chi connectivity index (χ2v) is 4.55. The van der Waals surface area contributed by atoms with Crippen LogP contribution in [0.25, 0.3) is 11.4 Å². The van der Waals surface area contributed by atoms with Crippen molar-refractivity contribution in [3.8, 4) is 17.1 Å². The average molecular weight is 258 g/mol. The minimum atomic E-state index is 0.00353. The first kappa shape index (κ1) is 11.8. The zero-order valence-electron chi connectivity index (χ0n) is 10.6. The number of ether oxygens (including phenoxy) is 1. The summed E-state index contributed by atoms with van der Waals surface area (Å²) in [5.74, 6) is 1.15. The minimum absolute atomic E-state index is 0.00353. The van der Waals surface area contributed by atoms with E-state index in [1.54, 1.807) is 19.2 Å². The third-order valence-corrected chi connectivity index (χ3v) is 3.38. The molecule has 1 aliphatic rings. The SMILES string of the molecule is COc1ccc(-c2nc3c(n2O)CCCC3=O)cc1. The van der Waals surface area contributed by atoms with Gasteiger partial charge in [0.2, 0.25) is 0 Å².